The molecule has 1 fully saturated rings. The minimum absolute atomic E-state index is 0. The van der Waals surface area contributed by atoms with Crippen LogP contribution in [0.15, 0.2) is 16.3 Å². The van der Waals surface area contributed by atoms with Gasteiger partial charge in [-0.05, 0) is 19.1 Å². The third kappa shape index (κ3) is 3.33. The number of nitrogens with one attached hydrogen (secondary N) is 1. The van der Waals surface area contributed by atoms with E-state index in [0.717, 1.165) is 11.3 Å². The Balaban J connectivity index is 0.00000144. The van der Waals surface area contributed by atoms with E-state index in [4.69, 9.17) is 11.6 Å². The molecule has 1 atom stereocenters. The van der Waals surface area contributed by atoms with Crippen LogP contribution in [0.1, 0.15) is 6.92 Å². The normalized spacial score (nSPS) is 22.1. The molecule has 1 aliphatic rings. The van der Waals surface area contributed by atoms with Gasteiger partial charge in [0.15, 0.2) is 0 Å². The Bertz CT molecular complexity index is 475. The summed E-state index contributed by atoms with van der Waals surface area (Å²) in [5, 5.41) is 3.21. The minimum Gasteiger partial charge on any atom is -0.312 e. The molecule has 8 heteroatoms. The van der Waals surface area contributed by atoms with Gasteiger partial charge in [0.05, 0.1) is 4.34 Å². The van der Waals surface area contributed by atoms with Crippen molar-refractivity contribution in [3.8, 4) is 0 Å². The lowest BCUT2D eigenvalue weighted by Gasteiger charge is -2.30. The van der Waals surface area contributed by atoms with Crippen molar-refractivity contribution >= 4 is 45.4 Å². The van der Waals surface area contributed by atoms with Gasteiger partial charge in [0, 0.05) is 25.7 Å². The predicted molar refractivity (Wildman–Crippen MR) is 72.8 cm³/mol. The van der Waals surface area contributed by atoms with Crippen LogP contribution in [0, 0.1) is 0 Å². The van der Waals surface area contributed by atoms with E-state index in [9.17, 15) is 8.42 Å². The van der Waals surface area contributed by atoms with Gasteiger partial charge < -0.3 is 5.32 Å². The molecule has 1 N–H and O–H groups in total. The van der Waals surface area contributed by atoms with Gasteiger partial charge in [-0.3, -0.25) is 0 Å². The van der Waals surface area contributed by atoms with Crippen molar-refractivity contribution in [3.63, 3.8) is 0 Å². The SMILES string of the molecule is C[C@H]1CN(S(=O)(=O)c2ccc(Cl)s2)CCN1.Cl. The lowest BCUT2D eigenvalue weighted by atomic mass is 10.3. The number of sulfonamides is 1. The summed E-state index contributed by atoms with van der Waals surface area (Å²) in [6.07, 6.45) is 0. The fourth-order valence-electron chi connectivity index (χ4n) is 1.68. The Labute approximate surface area is 116 Å². The van der Waals surface area contributed by atoms with Crippen LogP contribution in [-0.4, -0.2) is 38.4 Å². The van der Waals surface area contributed by atoms with E-state index in [2.05, 4.69) is 5.32 Å². The molecule has 0 spiro atoms. The third-order valence-electron chi connectivity index (χ3n) is 2.47. The first-order valence-corrected chi connectivity index (χ1v) is 7.62. The summed E-state index contributed by atoms with van der Waals surface area (Å²) in [5.41, 5.74) is 0. The zero-order chi connectivity index (χ0) is 11.8. The van der Waals surface area contributed by atoms with E-state index >= 15 is 0 Å². The maximum Gasteiger partial charge on any atom is 0.252 e. The maximum atomic E-state index is 12.2. The summed E-state index contributed by atoms with van der Waals surface area (Å²) in [5.74, 6) is 0. The quantitative estimate of drug-likeness (QED) is 0.905. The van der Waals surface area contributed by atoms with Gasteiger partial charge in [0.25, 0.3) is 10.0 Å². The van der Waals surface area contributed by atoms with Gasteiger partial charge in [-0.15, -0.1) is 23.7 Å². The summed E-state index contributed by atoms with van der Waals surface area (Å²) in [7, 11) is -3.35. The van der Waals surface area contributed by atoms with Crippen LogP contribution in [0.3, 0.4) is 0 Å². The molecule has 0 bridgehead atoms. The highest BCUT2D eigenvalue weighted by atomic mass is 35.5. The molecule has 17 heavy (non-hydrogen) atoms. The molecule has 4 nitrogen and oxygen atoms in total. The molecule has 0 saturated carbocycles. The number of rotatable bonds is 2. The fourth-order valence-corrected chi connectivity index (χ4v) is 4.85. The summed E-state index contributed by atoms with van der Waals surface area (Å²) >= 11 is 6.86. The van der Waals surface area contributed by atoms with Crippen molar-refractivity contribution in [1.82, 2.24) is 9.62 Å². The van der Waals surface area contributed by atoms with E-state index in [0.29, 0.717) is 28.2 Å². The van der Waals surface area contributed by atoms with Crippen molar-refractivity contribution < 1.29 is 8.42 Å². The summed E-state index contributed by atoms with van der Waals surface area (Å²) in [6.45, 7) is 3.70. The van der Waals surface area contributed by atoms with Crippen LogP contribution in [0.25, 0.3) is 0 Å². The first-order chi connectivity index (χ1) is 7.50. The van der Waals surface area contributed by atoms with Crippen molar-refractivity contribution in [3.05, 3.63) is 16.5 Å². The van der Waals surface area contributed by atoms with E-state index in [1.54, 1.807) is 12.1 Å². The lowest BCUT2D eigenvalue weighted by molar-refractivity contribution is 0.311. The Kier molecular flexibility index (Phi) is 5.24. The average molecular weight is 317 g/mol. The minimum atomic E-state index is -3.35. The number of halogens is 2. The van der Waals surface area contributed by atoms with E-state index in [-0.39, 0.29) is 18.4 Å². The van der Waals surface area contributed by atoms with Crippen LogP contribution in [0.5, 0.6) is 0 Å². The van der Waals surface area contributed by atoms with Crippen LogP contribution < -0.4 is 5.32 Å². The predicted octanol–water partition coefficient (Wildman–Crippen LogP) is 1.81. The molecule has 0 radical (unpaired) electrons. The second-order valence-electron chi connectivity index (χ2n) is 3.78. The molecule has 0 aromatic carbocycles. The molecular weight excluding hydrogens is 303 g/mol. The first-order valence-electron chi connectivity index (χ1n) is 4.99. The van der Waals surface area contributed by atoms with E-state index < -0.39 is 10.0 Å². The molecular formula is C9H14Cl2N2O2S2. The smallest absolute Gasteiger partial charge is 0.252 e. The van der Waals surface area contributed by atoms with Crippen molar-refractivity contribution in [2.45, 2.75) is 17.2 Å². The van der Waals surface area contributed by atoms with Gasteiger partial charge in [-0.25, -0.2) is 8.42 Å². The molecule has 1 aromatic rings. The fraction of sp³-hybridized carbons (Fsp3) is 0.556. The molecule has 0 amide bonds. The lowest BCUT2D eigenvalue weighted by Crippen LogP contribution is -2.51. The van der Waals surface area contributed by atoms with Crippen LogP contribution in [-0.2, 0) is 10.0 Å². The molecule has 0 unspecified atom stereocenters. The first kappa shape index (κ1) is 15.2. The Morgan fingerprint density at radius 2 is 2.24 bits per heavy atom. The summed E-state index contributed by atoms with van der Waals surface area (Å²) in [4.78, 5) is 0. The van der Waals surface area contributed by atoms with Gasteiger partial charge >= 0.3 is 0 Å². The van der Waals surface area contributed by atoms with Crippen molar-refractivity contribution in [1.29, 1.82) is 0 Å². The van der Waals surface area contributed by atoms with Crippen molar-refractivity contribution in [2.75, 3.05) is 19.6 Å². The van der Waals surface area contributed by atoms with E-state index in [1.165, 1.54) is 4.31 Å². The standard InChI is InChI=1S/C9H13ClN2O2S2.ClH/c1-7-6-12(5-4-11-7)16(13,14)9-3-2-8(10)15-9;/h2-3,7,11H,4-6H2,1H3;1H/t7-;/m0./s1. The number of hydrogen-bond acceptors (Lipinski definition) is 4. The van der Waals surface area contributed by atoms with Crippen LogP contribution >= 0.6 is 35.3 Å². The third-order valence-corrected chi connectivity index (χ3v) is 6.04. The van der Waals surface area contributed by atoms with E-state index in [1.807, 2.05) is 6.92 Å². The molecule has 1 aliphatic heterocycles. The summed E-state index contributed by atoms with van der Waals surface area (Å²) in [6, 6.07) is 3.37. The monoisotopic (exact) mass is 316 g/mol. The maximum absolute atomic E-state index is 12.2. The largest absolute Gasteiger partial charge is 0.312 e. The highest BCUT2D eigenvalue weighted by molar-refractivity contribution is 7.91. The van der Waals surface area contributed by atoms with Gasteiger partial charge in [-0.2, -0.15) is 4.31 Å². The molecule has 0 aliphatic carbocycles. The second kappa shape index (κ2) is 5.86. The molecule has 2 heterocycles. The zero-order valence-corrected chi connectivity index (χ0v) is 12.4. The number of piperazine rings is 1. The van der Waals surface area contributed by atoms with Gasteiger partial charge in [0.2, 0.25) is 0 Å². The molecule has 1 saturated heterocycles. The molecule has 1 aromatic heterocycles. The van der Waals surface area contributed by atoms with Gasteiger partial charge in [-0.1, -0.05) is 11.6 Å². The topological polar surface area (TPSA) is 49.4 Å². The second-order valence-corrected chi connectivity index (χ2v) is 7.66. The molecule has 98 valence electrons. The Morgan fingerprint density at radius 3 is 2.76 bits per heavy atom. The highest BCUT2D eigenvalue weighted by Crippen LogP contribution is 2.28. The molecule has 2 rings (SSSR count). The number of nitrogens with zero attached hydrogens (tertiary/aromatic N) is 1. The number of hydrogen-bond donors (Lipinski definition) is 1. The van der Waals surface area contributed by atoms with Gasteiger partial charge in [0.1, 0.15) is 4.21 Å². The Hall–Kier alpha value is 0.150. The summed E-state index contributed by atoms with van der Waals surface area (Å²) < 4.78 is 26.7. The number of thiophene rings is 1. The van der Waals surface area contributed by atoms with Crippen molar-refractivity contribution in [2.24, 2.45) is 0 Å². The average Bonchev–Trinajstić information content (AvgIpc) is 2.65. The van der Waals surface area contributed by atoms with Crippen LogP contribution in [0.2, 0.25) is 4.34 Å². The zero-order valence-electron chi connectivity index (χ0n) is 9.22. The highest BCUT2D eigenvalue weighted by Gasteiger charge is 2.29. The van der Waals surface area contributed by atoms with Crippen LogP contribution in [0.4, 0.5) is 0 Å². The Morgan fingerprint density at radius 1 is 1.53 bits per heavy atom.